The lowest BCUT2D eigenvalue weighted by Crippen LogP contribution is -2.48. The van der Waals surface area contributed by atoms with E-state index in [0.717, 1.165) is 22.3 Å². The van der Waals surface area contributed by atoms with Crippen molar-refractivity contribution in [1.29, 1.82) is 5.26 Å². The summed E-state index contributed by atoms with van der Waals surface area (Å²) in [6.07, 6.45) is -0.731. The van der Waals surface area contributed by atoms with Crippen LogP contribution in [0.1, 0.15) is 36.3 Å². The largest absolute Gasteiger partial charge is 0.481 e. The van der Waals surface area contributed by atoms with Crippen molar-refractivity contribution in [3.8, 4) is 17.2 Å². The number of carbonyl (C=O) groups is 3. The van der Waals surface area contributed by atoms with Gasteiger partial charge < -0.3 is 20.5 Å². The molecule has 0 spiro atoms. The number of carboxylic acid groups (broad SMARTS) is 1. The molecule has 160 valence electrons. The summed E-state index contributed by atoms with van der Waals surface area (Å²) in [7, 11) is 0. The summed E-state index contributed by atoms with van der Waals surface area (Å²) in [5, 5.41) is 22.5. The Labute approximate surface area is 179 Å². The number of aliphatic carboxylic acids is 1. The van der Waals surface area contributed by atoms with Crippen molar-refractivity contribution in [2.45, 2.75) is 31.2 Å². The van der Waals surface area contributed by atoms with Gasteiger partial charge in [0.15, 0.2) is 0 Å². The molecule has 8 heteroatoms. The summed E-state index contributed by atoms with van der Waals surface area (Å²) in [5.41, 5.74) is 4.28. The fourth-order valence-corrected chi connectivity index (χ4v) is 3.67. The van der Waals surface area contributed by atoms with Crippen LogP contribution in [0.3, 0.4) is 0 Å². The van der Waals surface area contributed by atoms with Crippen LogP contribution in [0.15, 0.2) is 48.5 Å². The summed E-state index contributed by atoms with van der Waals surface area (Å²) in [6.45, 7) is 0.276. The predicted molar refractivity (Wildman–Crippen MR) is 112 cm³/mol. The highest BCUT2D eigenvalue weighted by Gasteiger charge is 2.30. The monoisotopic (exact) mass is 421 g/mol. The SMILES string of the molecule is N#CCCCNC(=O)C(CC(=O)O)NC(=O)OCC1c2ccccc2-c2ccccc21. The van der Waals surface area contributed by atoms with Crippen LogP contribution in [0, 0.1) is 11.3 Å². The van der Waals surface area contributed by atoms with Crippen molar-refractivity contribution in [2.75, 3.05) is 13.2 Å². The van der Waals surface area contributed by atoms with E-state index in [4.69, 9.17) is 15.1 Å². The van der Waals surface area contributed by atoms with Crippen LogP contribution < -0.4 is 10.6 Å². The van der Waals surface area contributed by atoms with Crippen LogP contribution in [0.25, 0.3) is 11.1 Å². The zero-order valence-corrected chi connectivity index (χ0v) is 16.8. The molecule has 1 atom stereocenters. The van der Waals surface area contributed by atoms with Crippen molar-refractivity contribution in [1.82, 2.24) is 10.6 Å². The number of ether oxygens (including phenoxy) is 1. The Morgan fingerprint density at radius 1 is 1.06 bits per heavy atom. The average molecular weight is 421 g/mol. The number of amides is 2. The third kappa shape index (κ3) is 5.39. The molecule has 1 aliphatic rings. The van der Waals surface area contributed by atoms with E-state index >= 15 is 0 Å². The molecule has 2 aromatic carbocycles. The molecule has 0 heterocycles. The van der Waals surface area contributed by atoms with E-state index in [1.54, 1.807) is 0 Å². The minimum absolute atomic E-state index is 0.0590. The molecule has 0 aliphatic heterocycles. The summed E-state index contributed by atoms with van der Waals surface area (Å²) < 4.78 is 5.38. The molecule has 2 aromatic rings. The summed E-state index contributed by atoms with van der Waals surface area (Å²) in [6, 6.07) is 16.5. The molecule has 3 N–H and O–H groups in total. The molecule has 0 bridgehead atoms. The molecule has 0 saturated carbocycles. The Morgan fingerprint density at radius 2 is 1.68 bits per heavy atom. The van der Waals surface area contributed by atoms with Crippen molar-refractivity contribution < 1.29 is 24.2 Å². The third-order valence-electron chi connectivity index (χ3n) is 5.10. The Bertz CT molecular complexity index is 969. The molecule has 1 aliphatic carbocycles. The lowest BCUT2D eigenvalue weighted by molar-refractivity contribution is -0.139. The second-order valence-corrected chi connectivity index (χ2v) is 7.17. The van der Waals surface area contributed by atoms with E-state index in [-0.39, 0.29) is 25.5 Å². The number of nitriles is 1. The zero-order chi connectivity index (χ0) is 22.2. The summed E-state index contributed by atoms with van der Waals surface area (Å²) >= 11 is 0. The number of nitrogens with zero attached hydrogens (tertiary/aromatic N) is 1. The highest BCUT2D eigenvalue weighted by atomic mass is 16.5. The number of carboxylic acids is 1. The first-order valence-electron chi connectivity index (χ1n) is 9.99. The Balaban J connectivity index is 1.62. The predicted octanol–water partition coefficient (Wildman–Crippen LogP) is 2.79. The standard InChI is InChI=1S/C23H23N3O5/c24-11-5-6-12-25-22(29)20(13-21(27)28)26-23(30)31-14-19-17-9-3-1-7-15(17)16-8-2-4-10-18(16)19/h1-4,7-10,19-20H,5-6,12-14H2,(H,25,29)(H,26,30)(H,27,28). The molecule has 8 nitrogen and oxygen atoms in total. The fourth-order valence-electron chi connectivity index (χ4n) is 3.67. The van der Waals surface area contributed by atoms with Gasteiger partial charge >= 0.3 is 12.1 Å². The van der Waals surface area contributed by atoms with Crippen molar-refractivity contribution in [2.24, 2.45) is 0 Å². The highest BCUT2D eigenvalue weighted by Crippen LogP contribution is 2.44. The number of carbonyl (C=O) groups excluding carboxylic acids is 2. The van der Waals surface area contributed by atoms with Gasteiger partial charge in [0.2, 0.25) is 5.91 Å². The van der Waals surface area contributed by atoms with E-state index in [2.05, 4.69) is 10.6 Å². The maximum atomic E-state index is 12.3. The van der Waals surface area contributed by atoms with Crippen LogP contribution in [0.4, 0.5) is 4.79 Å². The maximum absolute atomic E-state index is 12.3. The number of unbranched alkanes of at least 4 members (excludes halogenated alkanes) is 1. The Kier molecular flexibility index (Phi) is 7.22. The van der Waals surface area contributed by atoms with Crippen molar-refractivity contribution in [3.05, 3.63) is 59.7 Å². The quantitative estimate of drug-likeness (QED) is 0.534. The molecular weight excluding hydrogens is 398 g/mol. The van der Waals surface area contributed by atoms with Gasteiger partial charge in [-0.1, -0.05) is 48.5 Å². The molecule has 0 aromatic heterocycles. The van der Waals surface area contributed by atoms with Gasteiger partial charge in [-0.25, -0.2) is 4.79 Å². The lowest BCUT2D eigenvalue weighted by Gasteiger charge is -2.18. The number of hydrogen-bond acceptors (Lipinski definition) is 5. The van der Waals surface area contributed by atoms with Crippen LogP contribution >= 0.6 is 0 Å². The van der Waals surface area contributed by atoms with E-state index in [0.29, 0.717) is 6.42 Å². The molecule has 0 fully saturated rings. The van der Waals surface area contributed by atoms with Crippen LogP contribution in [-0.2, 0) is 14.3 Å². The first-order valence-corrected chi connectivity index (χ1v) is 9.99. The summed E-state index contributed by atoms with van der Waals surface area (Å²) in [4.78, 5) is 35.7. The number of hydrogen-bond donors (Lipinski definition) is 3. The lowest BCUT2D eigenvalue weighted by atomic mass is 9.98. The number of benzene rings is 2. The Hall–Kier alpha value is -3.86. The molecule has 0 radical (unpaired) electrons. The molecule has 31 heavy (non-hydrogen) atoms. The normalized spacial score (nSPS) is 12.7. The second-order valence-electron chi connectivity index (χ2n) is 7.17. The number of alkyl carbamates (subject to hydrolysis) is 1. The van der Waals surface area contributed by atoms with Gasteiger partial charge in [-0.2, -0.15) is 5.26 Å². The van der Waals surface area contributed by atoms with Crippen LogP contribution in [0.2, 0.25) is 0 Å². The van der Waals surface area contributed by atoms with Crippen molar-refractivity contribution >= 4 is 18.0 Å². The average Bonchev–Trinajstić information content (AvgIpc) is 3.08. The zero-order valence-electron chi connectivity index (χ0n) is 16.8. The minimum atomic E-state index is -1.27. The van der Waals surface area contributed by atoms with E-state index in [9.17, 15) is 14.4 Å². The van der Waals surface area contributed by atoms with Crippen LogP contribution in [-0.4, -0.2) is 42.3 Å². The minimum Gasteiger partial charge on any atom is -0.481 e. The number of nitrogens with one attached hydrogen (secondary N) is 2. The van der Waals surface area contributed by atoms with Crippen LogP contribution in [0.5, 0.6) is 0 Å². The van der Waals surface area contributed by atoms with Gasteiger partial charge in [0.05, 0.1) is 12.5 Å². The first-order chi connectivity index (χ1) is 15.0. The fraction of sp³-hybridized carbons (Fsp3) is 0.304. The summed E-state index contributed by atoms with van der Waals surface area (Å²) in [5.74, 6) is -2.00. The van der Waals surface area contributed by atoms with Gasteiger partial charge in [0.25, 0.3) is 0 Å². The Morgan fingerprint density at radius 3 is 2.26 bits per heavy atom. The van der Waals surface area contributed by atoms with E-state index in [1.807, 2.05) is 54.6 Å². The molecule has 3 rings (SSSR count). The topological polar surface area (TPSA) is 129 Å². The number of fused-ring (bicyclic) bond motifs is 3. The maximum Gasteiger partial charge on any atom is 0.407 e. The van der Waals surface area contributed by atoms with Gasteiger partial charge in [-0.15, -0.1) is 0 Å². The molecule has 2 amide bonds. The molecular formula is C23H23N3O5. The van der Waals surface area contributed by atoms with E-state index in [1.165, 1.54) is 0 Å². The highest BCUT2D eigenvalue weighted by molar-refractivity contribution is 5.89. The third-order valence-corrected chi connectivity index (χ3v) is 5.10. The molecule has 1 unspecified atom stereocenters. The second kappa shape index (κ2) is 10.3. The van der Waals surface area contributed by atoms with Crippen molar-refractivity contribution in [3.63, 3.8) is 0 Å². The first kappa shape index (κ1) is 21.8. The van der Waals surface area contributed by atoms with Gasteiger partial charge in [-0.3, -0.25) is 9.59 Å². The number of rotatable bonds is 9. The van der Waals surface area contributed by atoms with Gasteiger partial charge in [-0.05, 0) is 28.7 Å². The van der Waals surface area contributed by atoms with E-state index < -0.39 is 30.4 Å². The van der Waals surface area contributed by atoms with Gasteiger partial charge in [0.1, 0.15) is 12.6 Å². The smallest absolute Gasteiger partial charge is 0.407 e. The van der Waals surface area contributed by atoms with Gasteiger partial charge in [0, 0.05) is 18.9 Å². The molecule has 0 saturated heterocycles.